The Morgan fingerprint density at radius 3 is 2.41 bits per heavy atom. The second-order valence-corrected chi connectivity index (χ2v) is 9.04. The Hall–Kier alpha value is -2.86. The number of halogens is 1. The van der Waals surface area contributed by atoms with Gasteiger partial charge in [0.15, 0.2) is 0 Å². The molecule has 1 aliphatic rings. The molecule has 1 heterocycles. The highest BCUT2D eigenvalue weighted by Gasteiger charge is 2.26. The maximum Gasteiger partial charge on any atom is 0.255 e. The van der Waals surface area contributed by atoms with Crippen LogP contribution in [-0.4, -0.2) is 55.5 Å². The van der Waals surface area contributed by atoms with Gasteiger partial charge in [-0.25, -0.2) is 0 Å². The SMILES string of the molecule is COc1cccc([C@H](CN2CCN(C(=O)c3ccccc3Cl)CC2)OCc2ccc(C)cc2)c1. The summed E-state index contributed by atoms with van der Waals surface area (Å²) in [6.45, 7) is 6.24. The Morgan fingerprint density at radius 2 is 1.71 bits per heavy atom. The van der Waals surface area contributed by atoms with Gasteiger partial charge in [0.2, 0.25) is 0 Å². The van der Waals surface area contributed by atoms with Crippen molar-refractivity contribution < 1.29 is 14.3 Å². The first-order valence-electron chi connectivity index (χ1n) is 11.6. The second-order valence-electron chi connectivity index (χ2n) is 8.63. The van der Waals surface area contributed by atoms with Crippen LogP contribution in [0, 0.1) is 6.92 Å². The van der Waals surface area contributed by atoms with Gasteiger partial charge in [0.05, 0.1) is 30.4 Å². The number of aryl methyl sites for hydroxylation is 1. The van der Waals surface area contributed by atoms with E-state index in [1.807, 2.05) is 35.2 Å². The molecule has 0 spiro atoms. The predicted molar refractivity (Wildman–Crippen MR) is 135 cm³/mol. The van der Waals surface area contributed by atoms with E-state index in [1.54, 1.807) is 19.2 Å². The number of methoxy groups -OCH3 is 1. The zero-order valence-corrected chi connectivity index (χ0v) is 20.5. The number of hydrogen-bond donors (Lipinski definition) is 0. The minimum Gasteiger partial charge on any atom is -0.497 e. The van der Waals surface area contributed by atoms with E-state index in [0.29, 0.717) is 30.3 Å². The van der Waals surface area contributed by atoms with Crippen LogP contribution in [0.25, 0.3) is 0 Å². The van der Waals surface area contributed by atoms with Crippen molar-refractivity contribution >= 4 is 17.5 Å². The van der Waals surface area contributed by atoms with Crippen molar-refractivity contribution in [2.75, 3.05) is 39.8 Å². The number of piperazine rings is 1. The van der Waals surface area contributed by atoms with Crippen LogP contribution in [0.2, 0.25) is 5.02 Å². The van der Waals surface area contributed by atoms with Gasteiger partial charge in [-0.1, -0.05) is 65.7 Å². The fraction of sp³-hybridized carbons (Fsp3) is 0.321. The molecule has 1 atom stereocenters. The molecule has 34 heavy (non-hydrogen) atoms. The van der Waals surface area contributed by atoms with E-state index in [2.05, 4.69) is 42.2 Å². The molecule has 0 unspecified atom stereocenters. The molecule has 0 N–H and O–H groups in total. The number of amides is 1. The van der Waals surface area contributed by atoms with Gasteiger partial charge >= 0.3 is 0 Å². The number of nitrogens with zero attached hydrogens (tertiary/aromatic N) is 2. The van der Waals surface area contributed by atoms with Crippen molar-refractivity contribution in [1.29, 1.82) is 0 Å². The van der Waals surface area contributed by atoms with Crippen LogP contribution in [0.3, 0.4) is 0 Å². The maximum absolute atomic E-state index is 12.9. The number of rotatable bonds is 8. The lowest BCUT2D eigenvalue weighted by atomic mass is 10.1. The third kappa shape index (κ3) is 6.17. The summed E-state index contributed by atoms with van der Waals surface area (Å²) in [5.41, 5.74) is 4.03. The van der Waals surface area contributed by atoms with Crippen molar-refractivity contribution in [3.63, 3.8) is 0 Å². The quantitative estimate of drug-likeness (QED) is 0.436. The minimum atomic E-state index is -0.109. The van der Waals surface area contributed by atoms with Gasteiger partial charge in [-0.15, -0.1) is 0 Å². The van der Waals surface area contributed by atoms with Gasteiger partial charge in [-0.3, -0.25) is 9.69 Å². The molecule has 0 bridgehead atoms. The lowest BCUT2D eigenvalue weighted by Gasteiger charge is -2.36. The van der Waals surface area contributed by atoms with Crippen molar-refractivity contribution in [2.45, 2.75) is 19.6 Å². The van der Waals surface area contributed by atoms with Crippen molar-refractivity contribution in [3.05, 3.63) is 100 Å². The lowest BCUT2D eigenvalue weighted by molar-refractivity contribution is 0.00333. The number of carbonyl (C=O) groups is 1. The highest BCUT2D eigenvalue weighted by atomic mass is 35.5. The molecule has 1 aliphatic heterocycles. The Balaban J connectivity index is 1.41. The van der Waals surface area contributed by atoms with Gasteiger partial charge in [0, 0.05) is 32.7 Å². The van der Waals surface area contributed by atoms with Gasteiger partial charge < -0.3 is 14.4 Å². The zero-order valence-electron chi connectivity index (χ0n) is 19.7. The first-order valence-corrected chi connectivity index (χ1v) is 12.0. The number of hydrogen-bond acceptors (Lipinski definition) is 4. The van der Waals surface area contributed by atoms with Gasteiger partial charge in [0.25, 0.3) is 5.91 Å². The minimum absolute atomic E-state index is 0.00906. The van der Waals surface area contributed by atoms with Crippen molar-refractivity contribution in [3.8, 4) is 5.75 Å². The van der Waals surface area contributed by atoms with E-state index in [1.165, 1.54) is 5.56 Å². The number of ether oxygens (including phenoxy) is 2. The normalized spacial score (nSPS) is 15.2. The molecule has 1 saturated heterocycles. The van der Waals surface area contributed by atoms with Crippen LogP contribution in [0.5, 0.6) is 5.75 Å². The standard InChI is InChI=1S/C28H31ClN2O3/c1-21-10-12-22(13-11-21)20-34-27(23-6-5-7-24(18-23)33-2)19-30-14-16-31(17-15-30)28(32)25-8-3-4-9-26(25)29/h3-13,18,27H,14-17,19-20H2,1-2H3/t27-/m0/s1. The summed E-state index contributed by atoms with van der Waals surface area (Å²) in [7, 11) is 1.68. The number of carbonyl (C=O) groups excluding carboxylic acids is 1. The maximum atomic E-state index is 12.9. The molecule has 4 rings (SSSR count). The molecule has 1 fully saturated rings. The first-order chi connectivity index (χ1) is 16.5. The molecule has 5 nitrogen and oxygen atoms in total. The van der Waals surface area contributed by atoms with Gasteiger partial charge in [0.1, 0.15) is 5.75 Å². The van der Waals surface area contributed by atoms with Gasteiger partial charge in [-0.05, 0) is 42.3 Å². The zero-order chi connectivity index (χ0) is 23.9. The molecule has 0 aromatic heterocycles. The summed E-state index contributed by atoms with van der Waals surface area (Å²) < 4.78 is 11.9. The summed E-state index contributed by atoms with van der Waals surface area (Å²) >= 11 is 6.24. The topological polar surface area (TPSA) is 42.0 Å². The molecule has 0 radical (unpaired) electrons. The van der Waals surface area contributed by atoms with Gasteiger partial charge in [-0.2, -0.15) is 0 Å². The third-order valence-corrected chi connectivity index (χ3v) is 6.55. The Kier molecular flexibility index (Phi) is 8.22. The molecular weight excluding hydrogens is 448 g/mol. The molecular formula is C28H31ClN2O3. The molecule has 1 amide bonds. The van der Waals surface area contributed by atoms with Crippen molar-refractivity contribution in [1.82, 2.24) is 9.80 Å². The summed E-state index contributed by atoms with van der Waals surface area (Å²) in [4.78, 5) is 17.1. The van der Waals surface area contributed by atoms with E-state index in [0.717, 1.165) is 36.5 Å². The summed E-state index contributed by atoms with van der Waals surface area (Å²) in [5, 5.41) is 0.498. The molecule has 3 aromatic carbocycles. The second kappa shape index (κ2) is 11.5. The molecule has 0 saturated carbocycles. The van der Waals surface area contributed by atoms with Crippen LogP contribution >= 0.6 is 11.6 Å². The first kappa shape index (κ1) is 24.3. The Morgan fingerprint density at radius 1 is 0.971 bits per heavy atom. The molecule has 3 aromatic rings. The van der Waals surface area contributed by atoms with Crippen LogP contribution in [0.4, 0.5) is 0 Å². The average Bonchev–Trinajstić information content (AvgIpc) is 2.88. The largest absolute Gasteiger partial charge is 0.497 e. The van der Waals surface area contributed by atoms with Crippen molar-refractivity contribution in [2.24, 2.45) is 0 Å². The van der Waals surface area contributed by atoms with E-state index in [9.17, 15) is 4.79 Å². The van der Waals surface area contributed by atoms with Crippen LogP contribution < -0.4 is 4.74 Å². The van der Waals surface area contributed by atoms with Crippen LogP contribution in [0.15, 0.2) is 72.8 Å². The monoisotopic (exact) mass is 478 g/mol. The Bertz CT molecular complexity index is 1090. The van der Waals surface area contributed by atoms with E-state index in [-0.39, 0.29) is 12.0 Å². The lowest BCUT2D eigenvalue weighted by Crippen LogP contribution is -2.49. The fourth-order valence-electron chi connectivity index (χ4n) is 4.15. The molecule has 0 aliphatic carbocycles. The smallest absolute Gasteiger partial charge is 0.255 e. The summed E-state index contributed by atoms with van der Waals surface area (Å²) in [6, 6.07) is 23.7. The van der Waals surface area contributed by atoms with E-state index in [4.69, 9.17) is 21.1 Å². The van der Waals surface area contributed by atoms with Crippen LogP contribution in [-0.2, 0) is 11.3 Å². The van der Waals surface area contributed by atoms with Crippen LogP contribution in [0.1, 0.15) is 33.2 Å². The predicted octanol–water partition coefficient (Wildman–Crippen LogP) is 5.37. The number of benzene rings is 3. The van der Waals surface area contributed by atoms with E-state index >= 15 is 0 Å². The average molecular weight is 479 g/mol. The summed E-state index contributed by atoms with van der Waals surface area (Å²) in [6.07, 6.45) is -0.109. The Labute approximate surface area is 206 Å². The molecule has 6 heteroatoms. The molecule has 178 valence electrons. The highest BCUT2D eigenvalue weighted by Crippen LogP contribution is 2.25. The summed E-state index contributed by atoms with van der Waals surface area (Å²) in [5.74, 6) is 0.807. The third-order valence-electron chi connectivity index (χ3n) is 6.23. The van der Waals surface area contributed by atoms with E-state index < -0.39 is 0 Å². The fourth-order valence-corrected chi connectivity index (χ4v) is 4.37. The highest BCUT2D eigenvalue weighted by molar-refractivity contribution is 6.33.